The van der Waals surface area contributed by atoms with E-state index in [2.05, 4.69) is 21.3 Å². The lowest BCUT2D eigenvalue weighted by atomic mass is 9.73. The van der Waals surface area contributed by atoms with Crippen LogP contribution < -0.4 is 21.3 Å². The van der Waals surface area contributed by atoms with Crippen molar-refractivity contribution in [1.82, 2.24) is 21.3 Å². The van der Waals surface area contributed by atoms with E-state index < -0.39 is 59.9 Å². The minimum absolute atomic E-state index is 0.0229. The second-order valence-electron chi connectivity index (χ2n) is 13.5. The molecule has 0 heterocycles. The molecule has 3 unspecified atom stereocenters. The van der Waals surface area contributed by atoms with Crippen molar-refractivity contribution in [2.75, 3.05) is 20.3 Å². The lowest BCUT2D eigenvalue weighted by molar-refractivity contribution is -0.147. The average Bonchev–Trinajstić information content (AvgIpc) is 3.10. The maximum atomic E-state index is 13.9. The molecule has 0 saturated carbocycles. The Kier molecular flexibility index (Phi) is 17.5. The van der Waals surface area contributed by atoms with Crippen LogP contribution in [0.25, 0.3) is 11.1 Å². The number of carbonyl (C=O) groups is 5. The highest BCUT2D eigenvalue weighted by molar-refractivity contribution is 5.92. The molecule has 12 heteroatoms. The van der Waals surface area contributed by atoms with Crippen molar-refractivity contribution < 1.29 is 38.6 Å². The summed E-state index contributed by atoms with van der Waals surface area (Å²) in [6, 6.07) is 13.9. The predicted molar refractivity (Wildman–Crippen MR) is 192 cm³/mol. The molecule has 4 atom stereocenters. The fourth-order valence-electron chi connectivity index (χ4n) is 5.83. The molecule has 0 bridgehead atoms. The van der Waals surface area contributed by atoms with E-state index in [1.165, 1.54) is 14.0 Å². The molecule has 0 aromatic heterocycles. The van der Waals surface area contributed by atoms with Gasteiger partial charge in [0, 0.05) is 18.4 Å². The SMILES string of the molecule is CCCCCC(=O)NC(C(=O)NC(C(=O)OC)C(C)C)C(CO)(CNC(=O)[C@H](C)NC(=O)OCc1ccccc1-c1ccccc1)CC(C)C. The van der Waals surface area contributed by atoms with Crippen molar-refractivity contribution in [2.24, 2.45) is 17.3 Å². The Morgan fingerprint density at radius 1 is 0.840 bits per heavy atom. The van der Waals surface area contributed by atoms with Crippen molar-refractivity contribution in [3.05, 3.63) is 60.2 Å². The van der Waals surface area contributed by atoms with Crippen LogP contribution in [0.2, 0.25) is 0 Å². The predicted octanol–water partition coefficient (Wildman–Crippen LogP) is 4.49. The lowest BCUT2D eigenvalue weighted by Crippen LogP contribution is -2.64. The molecule has 2 aromatic rings. The Morgan fingerprint density at radius 3 is 2.10 bits per heavy atom. The third-order valence-corrected chi connectivity index (χ3v) is 8.54. The molecule has 50 heavy (non-hydrogen) atoms. The molecule has 276 valence electrons. The Bertz CT molecular complexity index is 1400. The second-order valence-corrected chi connectivity index (χ2v) is 13.5. The molecule has 0 saturated heterocycles. The van der Waals surface area contributed by atoms with Gasteiger partial charge in [-0.2, -0.15) is 0 Å². The number of unbranched alkanes of at least 4 members (excludes halogenated alkanes) is 2. The fraction of sp³-hybridized carbons (Fsp3) is 0.553. The molecule has 2 rings (SSSR count). The molecule has 0 fully saturated rings. The molecule has 12 nitrogen and oxygen atoms in total. The van der Waals surface area contributed by atoms with Gasteiger partial charge in [-0.05, 0) is 48.3 Å². The molecule has 5 N–H and O–H groups in total. The number of amides is 4. The number of ether oxygens (including phenoxy) is 2. The van der Waals surface area contributed by atoms with Crippen molar-refractivity contribution in [2.45, 2.75) is 98.4 Å². The first-order valence-corrected chi connectivity index (χ1v) is 17.4. The quantitative estimate of drug-likeness (QED) is 0.0996. The molecule has 4 amide bonds. The number of hydrogen-bond donors (Lipinski definition) is 5. The van der Waals surface area contributed by atoms with E-state index in [9.17, 15) is 29.1 Å². The zero-order chi connectivity index (χ0) is 37.3. The number of methoxy groups -OCH3 is 1. The van der Waals surface area contributed by atoms with Crippen molar-refractivity contribution in [1.29, 1.82) is 0 Å². The molecule has 0 aliphatic rings. The Labute approximate surface area is 296 Å². The highest BCUT2D eigenvalue weighted by atomic mass is 16.5. The van der Waals surface area contributed by atoms with E-state index in [1.807, 2.05) is 75.4 Å². The van der Waals surface area contributed by atoms with Gasteiger partial charge in [0.15, 0.2) is 0 Å². The number of esters is 1. The summed E-state index contributed by atoms with van der Waals surface area (Å²) >= 11 is 0. The Hall–Kier alpha value is -4.45. The van der Waals surface area contributed by atoms with Crippen molar-refractivity contribution in [3.63, 3.8) is 0 Å². The lowest BCUT2D eigenvalue weighted by Gasteiger charge is -2.41. The number of alkyl carbamates (subject to hydrolysis) is 1. The molecular formula is C38H56N4O8. The molecule has 0 aliphatic heterocycles. The van der Waals surface area contributed by atoms with Gasteiger partial charge in [-0.15, -0.1) is 0 Å². The van der Waals surface area contributed by atoms with Crippen LogP contribution in [0.15, 0.2) is 54.6 Å². The normalized spacial score (nSPS) is 14.1. The summed E-state index contributed by atoms with van der Waals surface area (Å²) in [5.74, 6) is -2.72. The van der Waals surface area contributed by atoms with Crippen LogP contribution in [-0.4, -0.2) is 73.3 Å². The minimum Gasteiger partial charge on any atom is -0.467 e. The van der Waals surface area contributed by atoms with E-state index in [1.54, 1.807) is 13.8 Å². The maximum Gasteiger partial charge on any atom is 0.408 e. The van der Waals surface area contributed by atoms with Gasteiger partial charge in [-0.1, -0.05) is 102 Å². The van der Waals surface area contributed by atoms with Crippen LogP contribution in [0.4, 0.5) is 4.79 Å². The highest BCUT2D eigenvalue weighted by Crippen LogP contribution is 2.31. The number of rotatable bonds is 20. The first-order chi connectivity index (χ1) is 23.8. The summed E-state index contributed by atoms with van der Waals surface area (Å²) in [6.45, 7) is 9.96. The van der Waals surface area contributed by atoms with Gasteiger partial charge >= 0.3 is 12.1 Å². The van der Waals surface area contributed by atoms with Gasteiger partial charge in [0.1, 0.15) is 24.7 Å². The van der Waals surface area contributed by atoms with E-state index in [0.717, 1.165) is 29.5 Å². The maximum absolute atomic E-state index is 13.9. The summed E-state index contributed by atoms with van der Waals surface area (Å²) in [5, 5.41) is 21.7. The molecular weight excluding hydrogens is 640 g/mol. The van der Waals surface area contributed by atoms with E-state index in [-0.39, 0.29) is 37.8 Å². The smallest absolute Gasteiger partial charge is 0.408 e. The molecule has 2 aromatic carbocycles. The summed E-state index contributed by atoms with van der Waals surface area (Å²) in [5.41, 5.74) is 1.32. The van der Waals surface area contributed by atoms with E-state index in [0.29, 0.717) is 6.42 Å². The number of aliphatic hydroxyl groups excluding tert-OH is 1. The summed E-state index contributed by atoms with van der Waals surface area (Å²) in [4.78, 5) is 65.6. The Morgan fingerprint density at radius 2 is 1.50 bits per heavy atom. The second kappa shape index (κ2) is 20.9. The number of carbonyl (C=O) groups excluding carboxylic acids is 5. The number of aliphatic hydroxyl groups is 1. The standard InChI is InChI=1S/C38H56N4O8/c1-8-9-11-20-31(44)41-33(35(46)42-32(26(4)5)36(47)49-7)38(24-43,21-25(2)3)23-39-34(45)27(6)40-37(48)50-22-29-18-14-15-19-30(29)28-16-12-10-13-17-28/h10,12-19,25-27,32-33,43H,8-9,11,20-24H2,1-7H3,(H,39,45)(H,40,48)(H,41,44)(H,42,46)/t27-,32?,33?,38?/m0/s1. The zero-order valence-electron chi connectivity index (χ0n) is 30.5. The van der Waals surface area contributed by atoms with E-state index >= 15 is 0 Å². The topological polar surface area (TPSA) is 172 Å². The van der Waals surface area contributed by atoms with Crippen molar-refractivity contribution >= 4 is 29.8 Å². The molecule has 0 radical (unpaired) electrons. The van der Waals surface area contributed by atoms with Gasteiger partial charge in [-0.3, -0.25) is 14.4 Å². The fourth-order valence-corrected chi connectivity index (χ4v) is 5.83. The monoisotopic (exact) mass is 696 g/mol. The van der Waals surface area contributed by atoms with Crippen LogP contribution in [-0.2, 0) is 35.3 Å². The minimum atomic E-state index is -1.37. The molecule has 0 aliphatic carbocycles. The van der Waals surface area contributed by atoms with Crippen LogP contribution in [0.5, 0.6) is 0 Å². The van der Waals surface area contributed by atoms with Crippen LogP contribution in [0.3, 0.4) is 0 Å². The van der Waals surface area contributed by atoms with Gasteiger partial charge in [-0.25, -0.2) is 9.59 Å². The Balaban J connectivity index is 2.23. The van der Waals surface area contributed by atoms with Gasteiger partial charge in [0.25, 0.3) is 0 Å². The largest absolute Gasteiger partial charge is 0.467 e. The zero-order valence-corrected chi connectivity index (χ0v) is 30.5. The summed E-state index contributed by atoms with van der Waals surface area (Å²) in [7, 11) is 1.22. The van der Waals surface area contributed by atoms with E-state index in [4.69, 9.17) is 9.47 Å². The summed E-state index contributed by atoms with van der Waals surface area (Å²) in [6.07, 6.45) is 1.92. The number of benzene rings is 2. The summed E-state index contributed by atoms with van der Waals surface area (Å²) < 4.78 is 10.4. The van der Waals surface area contributed by atoms with Gasteiger partial charge in [0.05, 0.1) is 13.7 Å². The van der Waals surface area contributed by atoms with Crippen LogP contribution in [0.1, 0.15) is 79.2 Å². The molecule has 0 spiro atoms. The average molecular weight is 697 g/mol. The van der Waals surface area contributed by atoms with Crippen LogP contribution in [0, 0.1) is 17.3 Å². The first-order valence-electron chi connectivity index (χ1n) is 17.4. The van der Waals surface area contributed by atoms with Gasteiger partial charge < -0.3 is 35.8 Å². The number of nitrogens with one attached hydrogen (secondary N) is 4. The third kappa shape index (κ3) is 12.8. The highest BCUT2D eigenvalue weighted by Gasteiger charge is 2.45. The van der Waals surface area contributed by atoms with Crippen molar-refractivity contribution in [3.8, 4) is 11.1 Å². The number of hydrogen-bond acceptors (Lipinski definition) is 8. The third-order valence-electron chi connectivity index (χ3n) is 8.54. The van der Waals surface area contributed by atoms with Gasteiger partial charge in [0.2, 0.25) is 17.7 Å². The van der Waals surface area contributed by atoms with Crippen LogP contribution >= 0.6 is 0 Å². The first kappa shape index (κ1) is 41.7.